The molecule has 0 aliphatic heterocycles. The maximum Gasteiger partial charge on any atom is 0.339 e. The predicted octanol–water partition coefficient (Wildman–Crippen LogP) is 5.12. The molecule has 33 heavy (non-hydrogen) atoms. The van der Waals surface area contributed by atoms with E-state index in [1.807, 2.05) is 18.2 Å². The molecule has 0 bridgehead atoms. The summed E-state index contributed by atoms with van der Waals surface area (Å²) in [5.74, 6) is -0.419. The number of aromatic nitrogens is 1. The first kappa shape index (κ1) is 22.3. The summed E-state index contributed by atoms with van der Waals surface area (Å²) in [6.07, 6.45) is 0. The maximum atomic E-state index is 12.7. The highest BCUT2D eigenvalue weighted by atomic mass is 32.2. The van der Waals surface area contributed by atoms with Crippen molar-refractivity contribution in [3.63, 3.8) is 0 Å². The number of amides is 1. The quantitative estimate of drug-likeness (QED) is 0.370. The highest BCUT2D eigenvalue weighted by molar-refractivity contribution is 7.99. The standard InChI is InChI=1S/C24H17N3O4S2/c1-30-16-10-11-18-21(12-16)33-24(26-18)27-22(28)14-31-23(29)17-7-3-5-9-20(17)32-19-8-4-2-6-15(19)13-25/h2-12H,14H2,1H3,(H,26,27,28). The Morgan fingerprint density at radius 2 is 1.85 bits per heavy atom. The first-order valence-electron chi connectivity index (χ1n) is 9.75. The van der Waals surface area contributed by atoms with E-state index in [-0.39, 0.29) is 0 Å². The van der Waals surface area contributed by atoms with E-state index in [9.17, 15) is 14.9 Å². The van der Waals surface area contributed by atoms with Gasteiger partial charge in [-0.25, -0.2) is 9.78 Å². The van der Waals surface area contributed by atoms with Gasteiger partial charge in [-0.2, -0.15) is 5.26 Å². The molecule has 0 saturated heterocycles. The molecule has 1 amide bonds. The Labute approximate surface area is 198 Å². The second kappa shape index (κ2) is 10.2. The predicted molar refractivity (Wildman–Crippen MR) is 127 cm³/mol. The molecule has 0 atom stereocenters. The molecule has 4 rings (SSSR count). The number of carbonyl (C=O) groups excluding carboxylic acids is 2. The van der Waals surface area contributed by atoms with Crippen LogP contribution in [-0.4, -0.2) is 30.6 Å². The lowest BCUT2D eigenvalue weighted by atomic mass is 10.2. The number of hydrogen-bond donors (Lipinski definition) is 1. The van der Waals surface area contributed by atoms with E-state index in [1.54, 1.807) is 55.6 Å². The van der Waals surface area contributed by atoms with Gasteiger partial charge >= 0.3 is 5.97 Å². The zero-order valence-corrected chi connectivity index (χ0v) is 19.0. The Morgan fingerprint density at radius 3 is 2.64 bits per heavy atom. The fraction of sp³-hybridized carbons (Fsp3) is 0.0833. The van der Waals surface area contributed by atoms with Crippen molar-refractivity contribution in [3.8, 4) is 11.8 Å². The van der Waals surface area contributed by atoms with Gasteiger partial charge in [0.1, 0.15) is 11.8 Å². The van der Waals surface area contributed by atoms with Gasteiger partial charge in [-0.15, -0.1) is 0 Å². The average Bonchev–Trinajstić information content (AvgIpc) is 3.24. The minimum atomic E-state index is -0.628. The first-order chi connectivity index (χ1) is 16.1. The number of carbonyl (C=O) groups is 2. The van der Waals surface area contributed by atoms with Crippen LogP contribution in [-0.2, 0) is 9.53 Å². The van der Waals surface area contributed by atoms with Gasteiger partial charge in [0.25, 0.3) is 5.91 Å². The van der Waals surface area contributed by atoms with E-state index < -0.39 is 18.5 Å². The third-order valence-electron chi connectivity index (χ3n) is 4.51. The summed E-state index contributed by atoms with van der Waals surface area (Å²) in [7, 11) is 1.58. The van der Waals surface area contributed by atoms with Crippen molar-refractivity contribution in [2.24, 2.45) is 0 Å². The van der Waals surface area contributed by atoms with Gasteiger partial charge < -0.3 is 9.47 Å². The summed E-state index contributed by atoms with van der Waals surface area (Å²) in [6, 6.07) is 21.6. The van der Waals surface area contributed by atoms with Crippen LogP contribution in [0.2, 0.25) is 0 Å². The fourth-order valence-corrected chi connectivity index (χ4v) is 4.87. The molecule has 1 aromatic heterocycles. The number of rotatable bonds is 7. The van der Waals surface area contributed by atoms with Crippen molar-refractivity contribution in [1.29, 1.82) is 5.26 Å². The Hall–Kier alpha value is -3.87. The molecule has 0 saturated carbocycles. The second-order valence-corrected chi connectivity index (χ2v) is 8.80. The van der Waals surface area contributed by atoms with Gasteiger partial charge in [0.05, 0.1) is 28.5 Å². The van der Waals surface area contributed by atoms with E-state index in [0.717, 1.165) is 15.1 Å². The van der Waals surface area contributed by atoms with Crippen molar-refractivity contribution in [3.05, 3.63) is 77.9 Å². The first-order valence-corrected chi connectivity index (χ1v) is 11.4. The highest BCUT2D eigenvalue weighted by Crippen LogP contribution is 2.33. The van der Waals surface area contributed by atoms with Crippen LogP contribution in [0.4, 0.5) is 5.13 Å². The molecule has 0 aliphatic rings. The summed E-state index contributed by atoms with van der Waals surface area (Å²) >= 11 is 2.59. The van der Waals surface area contributed by atoms with Crippen molar-refractivity contribution < 1.29 is 19.1 Å². The normalized spacial score (nSPS) is 10.4. The van der Waals surface area contributed by atoms with Gasteiger partial charge in [0.2, 0.25) is 0 Å². The zero-order valence-electron chi connectivity index (χ0n) is 17.4. The molecule has 0 unspecified atom stereocenters. The van der Waals surface area contributed by atoms with E-state index in [4.69, 9.17) is 9.47 Å². The van der Waals surface area contributed by atoms with E-state index >= 15 is 0 Å². The molecule has 3 aromatic carbocycles. The summed E-state index contributed by atoms with van der Waals surface area (Å²) in [5.41, 5.74) is 1.56. The van der Waals surface area contributed by atoms with Crippen LogP contribution >= 0.6 is 23.1 Å². The van der Waals surface area contributed by atoms with Gasteiger partial charge in [-0.05, 0) is 42.5 Å². The molecule has 164 valence electrons. The molecule has 9 heteroatoms. The lowest BCUT2D eigenvalue weighted by Gasteiger charge is -2.10. The lowest BCUT2D eigenvalue weighted by molar-refractivity contribution is -0.119. The Morgan fingerprint density at radius 1 is 1.09 bits per heavy atom. The molecule has 0 fully saturated rings. The van der Waals surface area contributed by atoms with E-state index in [0.29, 0.717) is 26.9 Å². The number of methoxy groups -OCH3 is 1. The third kappa shape index (κ3) is 5.31. The van der Waals surface area contributed by atoms with E-state index in [1.165, 1.54) is 23.1 Å². The van der Waals surface area contributed by atoms with Crippen molar-refractivity contribution in [1.82, 2.24) is 4.98 Å². The van der Waals surface area contributed by atoms with E-state index in [2.05, 4.69) is 16.4 Å². The Balaban J connectivity index is 1.41. The summed E-state index contributed by atoms with van der Waals surface area (Å²) < 4.78 is 11.3. The molecule has 0 aliphatic carbocycles. The van der Waals surface area contributed by atoms with Gasteiger partial charge in [0, 0.05) is 9.79 Å². The van der Waals surface area contributed by atoms with Gasteiger partial charge in [-0.3, -0.25) is 10.1 Å². The minimum Gasteiger partial charge on any atom is -0.497 e. The summed E-state index contributed by atoms with van der Waals surface area (Å²) in [4.78, 5) is 30.7. The number of esters is 1. The van der Waals surface area contributed by atoms with Crippen molar-refractivity contribution >= 4 is 50.3 Å². The number of benzene rings is 3. The van der Waals surface area contributed by atoms with Gasteiger partial charge in [-0.1, -0.05) is 47.4 Å². The summed E-state index contributed by atoms with van der Waals surface area (Å²) in [6.45, 7) is -0.453. The number of ether oxygens (including phenoxy) is 2. The van der Waals surface area contributed by atoms with Crippen molar-refractivity contribution in [2.45, 2.75) is 9.79 Å². The number of anilines is 1. The van der Waals surface area contributed by atoms with Crippen molar-refractivity contribution in [2.75, 3.05) is 19.0 Å². The smallest absolute Gasteiger partial charge is 0.339 e. The highest BCUT2D eigenvalue weighted by Gasteiger charge is 2.17. The molecule has 1 N–H and O–H groups in total. The monoisotopic (exact) mass is 475 g/mol. The molecule has 1 heterocycles. The zero-order chi connectivity index (χ0) is 23.2. The van der Waals surface area contributed by atoms with Crippen LogP contribution in [0.5, 0.6) is 5.75 Å². The number of fused-ring (bicyclic) bond motifs is 1. The molecule has 7 nitrogen and oxygen atoms in total. The number of nitriles is 1. The molecule has 0 spiro atoms. The van der Waals surface area contributed by atoms with Crippen LogP contribution < -0.4 is 10.1 Å². The topological polar surface area (TPSA) is 101 Å². The molecular weight excluding hydrogens is 458 g/mol. The van der Waals surface area contributed by atoms with Crippen LogP contribution in [0.1, 0.15) is 15.9 Å². The fourth-order valence-electron chi connectivity index (χ4n) is 2.94. The second-order valence-electron chi connectivity index (χ2n) is 6.68. The number of thiazole rings is 1. The van der Waals surface area contributed by atoms with Crippen LogP contribution in [0, 0.1) is 11.3 Å². The van der Waals surface area contributed by atoms with Crippen LogP contribution in [0.15, 0.2) is 76.5 Å². The minimum absolute atomic E-state index is 0.315. The molecule has 0 radical (unpaired) electrons. The third-order valence-corrected chi connectivity index (χ3v) is 6.60. The number of nitrogens with zero attached hydrogens (tertiary/aromatic N) is 2. The Kier molecular flexibility index (Phi) is 6.88. The van der Waals surface area contributed by atoms with Crippen LogP contribution in [0.25, 0.3) is 10.2 Å². The van der Waals surface area contributed by atoms with Crippen LogP contribution in [0.3, 0.4) is 0 Å². The molecule has 4 aromatic rings. The largest absolute Gasteiger partial charge is 0.497 e. The summed E-state index contributed by atoms with van der Waals surface area (Å²) in [5, 5.41) is 12.4. The molecular formula is C24H17N3O4S2. The SMILES string of the molecule is COc1ccc2nc(NC(=O)COC(=O)c3ccccc3Sc3ccccc3C#N)sc2c1. The number of hydrogen-bond acceptors (Lipinski definition) is 8. The maximum absolute atomic E-state index is 12.7. The van der Waals surface area contributed by atoms with Gasteiger partial charge in [0.15, 0.2) is 11.7 Å². The number of nitrogens with one attached hydrogen (secondary N) is 1. The Bertz CT molecular complexity index is 1380. The lowest BCUT2D eigenvalue weighted by Crippen LogP contribution is -2.21. The average molecular weight is 476 g/mol.